The molecule has 2 aliphatic carbocycles. The second kappa shape index (κ2) is 26.9. The number of rotatable bonds is 17. The lowest BCUT2D eigenvalue weighted by Crippen LogP contribution is -2.29. The van der Waals surface area contributed by atoms with E-state index in [9.17, 15) is 0 Å². The van der Waals surface area contributed by atoms with Crippen molar-refractivity contribution >= 4 is 46.3 Å². The van der Waals surface area contributed by atoms with Crippen LogP contribution < -0.4 is 19.3 Å². The highest BCUT2D eigenvalue weighted by molar-refractivity contribution is 5.92. The lowest BCUT2D eigenvalue weighted by atomic mass is 9.67. The van der Waals surface area contributed by atoms with Gasteiger partial charge in [-0.25, -0.2) is 17.6 Å². The summed E-state index contributed by atoms with van der Waals surface area (Å²) in [5.74, 6) is -0.244. The third-order valence-corrected chi connectivity index (χ3v) is 21.1. The Morgan fingerprint density at radius 3 is 0.887 bits per heavy atom. The molecule has 2 aliphatic rings. The molecule has 0 fully saturated rings. The lowest BCUT2D eigenvalue weighted by molar-refractivity contribution is 0.482. The summed E-state index contributed by atoms with van der Waals surface area (Å²) in [5, 5.41) is 0. The van der Waals surface area contributed by atoms with Crippen LogP contribution in [0.5, 0.6) is 23.0 Å². The minimum atomic E-state index is -0.912. The number of nitrogens with zero attached hydrogens (tertiary/aromatic N) is 2. The summed E-state index contributed by atoms with van der Waals surface area (Å²) < 4.78 is 80.3. The average Bonchev–Trinajstić information content (AvgIpc) is 1.53. The third kappa shape index (κ3) is 11.8. The molecule has 0 spiro atoms. The van der Waals surface area contributed by atoms with Crippen molar-refractivity contribution in [3.63, 3.8) is 0 Å². The van der Waals surface area contributed by atoms with Crippen LogP contribution in [0.4, 0.5) is 51.7 Å². The third-order valence-electron chi connectivity index (χ3n) is 21.1. The highest BCUT2D eigenvalue weighted by atomic mass is 19.1. The fourth-order valence-electron chi connectivity index (χ4n) is 15.8. The van der Waals surface area contributed by atoms with E-state index in [-0.39, 0.29) is 22.2 Å². The minimum absolute atomic E-state index is 0.122. The van der Waals surface area contributed by atoms with Gasteiger partial charge in [0.1, 0.15) is 57.6 Å². The SMILES string of the molecule is C=Cc1ccc(Oc2ccc(C3(c4ccc(C(C)(C)C)cc4)c4ccccc4-c4ccc(N(c5ccc(-c6ccc(N(c7ccc8c(c7)C(c7ccc(Oc9ccc(C=C)cc9)cc7)(c7ccc(C(C)(C)C)cc7)c7ccccc7-8)c7c(F)cccc7F)cc6)cc5)c5c(F)cccc5F)cc43)cc2)cc1. The Morgan fingerprint density at radius 1 is 0.292 bits per heavy atom. The largest absolute Gasteiger partial charge is 0.457 e. The van der Waals surface area contributed by atoms with Crippen molar-refractivity contribution in [3.05, 3.63) is 419 Å². The summed E-state index contributed by atoms with van der Waals surface area (Å²) in [6, 6.07) is 102. The Labute approximate surface area is 617 Å². The number of anilines is 6. The van der Waals surface area contributed by atoms with Gasteiger partial charge in [0, 0.05) is 22.7 Å². The van der Waals surface area contributed by atoms with Gasteiger partial charge in [-0.1, -0.05) is 261 Å². The number of para-hydroxylation sites is 2. The summed E-state index contributed by atoms with van der Waals surface area (Å²) in [6.07, 6.45) is 3.59. The molecule has 0 bridgehead atoms. The van der Waals surface area contributed by atoms with Gasteiger partial charge < -0.3 is 19.3 Å². The Kier molecular flexibility index (Phi) is 17.3. The normalized spacial score (nSPS) is 14.8. The number of ether oxygens (including phenoxy) is 2. The second-order valence-corrected chi connectivity index (χ2v) is 29.4. The zero-order chi connectivity index (χ0) is 73.2. The highest BCUT2D eigenvalue weighted by Crippen LogP contribution is 2.60. The van der Waals surface area contributed by atoms with E-state index in [2.05, 4.69) is 188 Å². The van der Waals surface area contributed by atoms with Crippen molar-refractivity contribution < 1.29 is 27.0 Å². The molecule has 0 radical (unpaired) electrons. The molecule has 16 rings (SSSR count). The zero-order valence-corrected chi connectivity index (χ0v) is 59.8. The van der Waals surface area contributed by atoms with Gasteiger partial charge in [0.15, 0.2) is 0 Å². The van der Waals surface area contributed by atoms with E-state index in [0.29, 0.717) is 45.7 Å². The zero-order valence-electron chi connectivity index (χ0n) is 59.8. The van der Waals surface area contributed by atoms with E-state index in [1.54, 1.807) is 22.0 Å². The first-order valence-corrected chi connectivity index (χ1v) is 35.7. The Bertz CT molecular complexity index is 5270. The molecule has 14 aromatic rings. The van der Waals surface area contributed by atoms with Gasteiger partial charge in [-0.2, -0.15) is 0 Å². The molecule has 2 atom stereocenters. The summed E-state index contributed by atoms with van der Waals surface area (Å²) >= 11 is 0. The van der Waals surface area contributed by atoms with Gasteiger partial charge in [-0.05, 0) is 232 Å². The molecule has 2 unspecified atom stereocenters. The van der Waals surface area contributed by atoms with E-state index in [1.165, 1.54) is 47.5 Å². The summed E-state index contributed by atoms with van der Waals surface area (Å²) in [5.41, 5.74) is 17.5. The van der Waals surface area contributed by atoms with Gasteiger partial charge in [-0.3, -0.25) is 0 Å². The molecule has 4 nitrogen and oxygen atoms in total. The molecular weight excluding hydrogens is 1310 g/mol. The van der Waals surface area contributed by atoms with Crippen LogP contribution in [-0.4, -0.2) is 0 Å². The second-order valence-electron chi connectivity index (χ2n) is 29.4. The van der Waals surface area contributed by atoms with Gasteiger partial charge in [0.25, 0.3) is 0 Å². The van der Waals surface area contributed by atoms with E-state index in [1.807, 2.05) is 146 Å². The van der Waals surface area contributed by atoms with Crippen LogP contribution in [-0.2, 0) is 21.7 Å². The predicted molar refractivity (Wildman–Crippen MR) is 426 cm³/mol. The van der Waals surface area contributed by atoms with Crippen molar-refractivity contribution in [3.8, 4) is 56.4 Å². The monoisotopic (exact) mass is 1390 g/mol. The molecule has 518 valence electrons. The van der Waals surface area contributed by atoms with Crippen molar-refractivity contribution in [1.82, 2.24) is 0 Å². The topological polar surface area (TPSA) is 24.9 Å². The maximum Gasteiger partial charge on any atom is 0.150 e. The first-order chi connectivity index (χ1) is 51.3. The van der Waals surface area contributed by atoms with Crippen LogP contribution in [0.25, 0.3) is 45.5 Å². The van der Waals surface area contributed by atoms with Crippen LogP contribution in [0.15, 0.2) is 329 Å². The van der Waals surface area contributed by atoms with Gasteiger partial charge in [0.05, 0.1) is 10.8 Å². The van der Waals surface area contributed by atoms with Gasteiger partial charge in [-0.15, -0.1) is 0 Å². The van der Waals surface area contributed by atoms with Crippen molar-refractivity contribution in [2.75, 3.05) is 9.80 Å². The molecule has 0 saturated heterocycles. The summed E-state index contributed by atoms with van der Waals surface area (Å²) in [6.45, 7) is 21.0. The number of fused-ring (bicyclic) bond motifs is 6. The van der Waals surface area contributed by atoms with Gasteiger partial charge >= 0.3 is 0 Å². The van der Waals surface area contributed by atoms with Crippen molar-refractivity contribution in [2.45, 2.75) is 63.2 Å². The standard InChI is InChI=1S/C98H76F4N2O2/c1-9-63-25-51-77(52-26-63)105-79-55-41-71(42-56-79)97(69-37-33-67(34-38-69)95(3,4)5)85-19-13-11-17-81(85)83-59-49-75(61-87(83)97)103(93-89(99)21-15-22-90(93)100)73-45-29-65(30-46-73)66-31-47-74(48-32-66)104(94-91(101)23-16-24-92(94)102)76-50-60-84-82-18-12-14-20-86(82)98(88(84)62-76,70-39-35-68(36-40-70)96(6,7)8)72-43-57-80(58-44-72)106-78-53-27-64(10-2)28-54-78/h9-62H,1-2H2,3-8H3. The predicted octanol–water partition coefficient (Wildman–Crippen LogP) is 27.0. The van der Waals surface area contributed by atoms with E-state index >= 15 is 17.6 Å². The fourth-order valence-corrected chi connectivity index (χ4v) is 15.8. The Morgan fingerprint density at radius 2 is 0.575 bits per heavy atom. The van der Waals surface area contributed by atoms with Gasteiger partial charge in [0.2, 0.25) is 0 Å². The van der Waals surface area contributed by atoms with Crippen LogP contribution >= 0.6 is 0 Å². The molecule has 0 saturated carbocycles. The van der Waals surface area contributed by atoms with Crippen LogP contribution in [0.1, 0.15) is 108 Å². The van der Waals surface area contributed by atoms with E-state index < -0.39 is 34.1 Å². The Balaban J connectivity index is 0.789. The van der Waals surface area contributed by atoms with Crippen LogP contribution in [0, 0.1) is 23.3 Å². The number of hydrogen-bond acceptors (Lipinski definition) is 4. The molecular formula is C98H76F4N2O2. The van der Waals surface area contributed by atoms with E-state index in [4.69, 9.17) is 9.47 Å². The first-order valence-electron chi connectivity index (χ1n) is 35.7. The highest BCUT2D eigenvalue weighted by Gasteiger charge is 2.49. The van der Waals surface area contributed by atoms with Crippen molar-refractivity contribution in [1.29, 1.82) is 0 Å². The van der Waals surface area contributed by atoms with Crippen molar-refractivity contribution in [2.24, 2.45) is 0 Å². The number of halogens is 4. The Hall–Kier alpha value is -12.5. The lowest BCUT2D eigenvalue weighted by Gasteiger charge is -2.35. The maximum absolute atomic E-state index is 16.9. The molecule has 0 N–H and O–H groups in total. The summed E-state index contributed by atoms with van der Waals surface area (Å²) in [7, 11) is 0. The molecule has 0 aromatic heterocycles. The fraction of sp³-hybridized carbons (Fsp3) is 0.102. The average molecular weight is 1390 g/mol. The quantitative estimate of drug-likeness (QED) is 0.0849. The molecule has 14 aromatic carbocycles. The first kappa shape index (κ1) is 67.9. The molecule has 106 heavy (non-hydrogen) atoms. The number of benzene rings is 14. The minimum Gasteiger partial charge on any atom is -0.457 e. The number of hydrogen-bond donors (Lipinski definition) is 0. The molecule has 0 amide bonds. The summed E-state index contributed by atoms with van der Waals surface area (Å²) in [4.78, 5) is 3.31. The van der Waals surface area contributed by atoms with Crippen LogP contribution in [0.2, 0.25) is 0 Å². The van der Waals surface area contributed by atoms with E-state index in [0.717, 1.165) is 89.0 Å². The smallest absolute Gasteiger partial charge is 0.150 e. The molecule has 8 heteroatoms. The molecule has 0 heterocycles. The molecule has 0 aliphatic heterocycles. The maximum atomic E-state index is 16.9. The van der Waals surface area contributed by atoms with Crippen LogP contribution in [0.3, 0.4) is 0 Å².